The lowest BCUT2D eigenvalue weighted by atomic mass is 10.1. The molecule has 0 radical (unpaired) electrons. The van der Waals surface area contributed by atoms with Crippen LogP contribution in [0.4, 0.5) is 10.4 Å². The van der Waals surface area contributed by atoms with Gasteiger partial charge in [-0.05, 0) is 30.2 Å². The van der Waals surface area contributed by atoms with Crippen molar-refractivity contribution in [2.24, 2.45) is 7.05 Å². The van der Waals surface area contributed by atoms with E-state index in [0.717, 1.165) is 16.8 Å². The Hall–Kier alpha value is -2.70. The number of rotatable bonds is 5. The van der Waals surface area contributed by atoms with Crippen molar-refractivity contribution in [2.75, 3.05) is 5.32 Å². The van der Waals surface area contributed by atoms with Crippen LogP contribution in [0.2, 0.25) is 0 Å². The van der Waals surface area contributed by atoms with Crippen molar-refractivity contribution >= 4 is 6.01 Å². The molecule has 0 saturated carbocycles. The van der Waals surface area contributed by atoms with Gasteiger partial charge in [-0.1, -0.05) is 17.2 Å². The molecule has 1 aromatic carbocycles. The largest absolute Gasteiger partial charge is 0.408 e. The Balaban J connectivity index is 1.63. The van der Waals surface area contributed by atoms with Crippen LogP contribution in [0.1, 0.15) is 22.7 Å². The van der Waals surface area contributed by atoms with Gasteiger partial charge in [0.25, 0.3) is 0 Å². The first-order valence-electron chi connectivity index (χ1n) is 6.90. The van der Waals surface area contributed by atoms with Crippen LogP contribution in [-0.2, 0) is 20.0 Å². The lowest BCUT2D eigenvalue weighted by molar-refractivity contribution is 0.515. The Labute approximate surface area is 127 Å². The molecule has 3 rings (SSSR count). The van der Waals surface area contributed by atoms with Crippen molar-refractivity contribution < 1.29 is 8.81 Å². The minimum absolute atomic E-state index is 0.261. The maximum atomic E-state index is 12.9. The number of aryl methyl sites for hydroxylation is 2. The van der Waals surface area contributed by atoms with Crippen LogP contribution in [0, 0.1) is 12.7 Å². The summed E-state index contributed by atoms with van der Waals surface area (Å²) in [4.78, 5) is 0. The summed E-state index contributed by atoms with van der Waals surface area (Å²) >= 11 is 0. The van der Waals surface area contributed by atoms with E-state index in [1.54, 1.807) is 16.8 Å². The second kappa shape index (κ2) is 5.97. The summed E-state index contributed by atoms with van der Waals surface area (Å²) in [5.74, 6) is 0.221. The fourth-order valence-electron chi connectivity index (χ4n) is 2.16. The standard InChI is InChI=1S/C15H16FN5O/c1-10-8-18-21(2)13(10)9-17-15-20-19-14(22-15)7-11-3-5-12(16)6-4-11/h3-6,8H,7,9H2,1-2H3,(H,17,20). The van der Waals surface area contributed by atoms with E-state index in [0.29, 0.717) is 24.9 Å². The van der Waals surface area contributed by atoms with Crippen molar-refractivity contribution in [1.82, 2.24) is 20.0 Å². The highest BCUT2D eigenvalue weighted by Gasteiger charge is 2.09. The third kappa shape index (κ3) is 3.13. The summed E-state index contributed by atoms with van der Waals surface area (Å²) < 4.78 is 20.2. The van der Waals surface area contributed by atoms with Crippen LogP contribution in [-0.4, -0.2) is 20.0 Å². The number of nitrogens with zero attached hydrogens (tertiary/aromatic N) is 4. The van der Waals surface area contributed by atoms with Crippen LogP contribution < -0.4 is 5.32 Å². The van der Waals surface area contributed by atoms with Crippen molar-refractivity contribution in [3.05, 3.63) is 59.0 Å². The lowest BCUT2D eigenvalue weighted by Crippen LogP contribution is -2.06. The first kappa shape index (κ1) is 14.2. The SMILES string of the molecule is Cc1cnn(C)c1CNc1nnc(Cc2ccc(F)cc2)o1. The van der Waals surface area contributed by atoms with Gasteiger partial charge in [0.05, 0.1) is 24.9 Å². The maximum absolute atomic E-state index is 12.9. The van der Waals surface area contributed by atoms with Crippen LogP contribution in [0.3, 0.4) is 0 Å². The van der Waals surface area contributed by atoms with Gasteiger partial charge in [-0.25, -0.2) is 4.39 Å². The molecule has 114 valence electrons. The zero-order chi connectivity index (χ0) is 15.5. The monoisotopic (exact) mass is 301 g/mol. The van der Waals surface area contributed by atoms with Crippen LogP contribution in [0.5, 0.6) is 0 Å². The van der Waals surface area contributed by atoms with Crippen molar-refractivity contribution in [1.29, 1.82) is 0 Å². The summed E-state index contributed by atoms with van der Waals surface area (Å²) in [5, 5.41) is 15.2. The second-order valence-electron chi connectivity index (χ2n) is 5.06. The van der Waals surface area contributed by atoms with E-state index in [1.165, 1.54) is 12.1 Å². The van der Waals surface area contributed by atoms with Crippen LogP contribution in [0.15, 0.2) is 34.9 Å². The van der Waals surface area contributed by atoms with Gasteiger partial charge >= 0.3 is 6.01 Å². The molecule has 0 aliphatic heterocycles. The minimum atomic E-state index is -0.261. The normalized spacial score (nSPS) is 10.9. The van der Waals surface area contributed by atoms with E-state index in [4.69, 9.17) is 4.42 Å². The van der Waals surface area contributed by atoms with Gasteiger partial charge in [-0.3, -0.25) is 4.68 Å². The van der Waals surface area contributed by atoms with Crippen molar-refractivity contribution in [2.45, 2.75) is 19.9 Å². The van der Waals surface area contributed by atoms with Gasteiger partial charge in [0.2, 0.25) is 5.89 Å². The average molecular weight is 301 g/mol. The van der Waals surface area contributed by atoms with E-state index in [2.05, 4.69) is 20.6 Å². The summed E-state index contributed by atoms with van der Waals surface area (Å²) in [7, 11) is 1.89. The molecular weight excluding hydrogens is 285 g/mol. The van der Waals surface area contributed by atoms with Gasteiger partial charge in [0.15, 0.2) is 0 Å². The molecule has 2 heterocycles. The zero-order valence-corrected chi connectivity index (χ0v) is 12.4. The number of aromatic nitrogens is 4. The Bertz CT molecular complexity index is 743. The quantitative estimate of drug-likeness (QED) is 0.784. The minimum Gasteiger partial charge on any atom is -0.408 e. The highest BCUT2D eigenvalue weighted by molar-refractivity contribution is 5.25. The Morgan fingerprint density at radius 3 is 2.68 bits per heavy atom. The van der Waals surface area contributed by atoms with Gasteiger partial charge in [0, 0.05) is 7.05 Å². The Morgan fingerprint density at radius 2 is 2.00 bits per heavy atom. The summed E-state index contributed by atoms with van der Waals surface area (Å²) in [6, 6.07) is 6.58. The molecule has 2 aromatic heterocycles. The fourth-order valence-corrected chi connectivity index (χ4v) is 2.16. The van der Waals surface area contributed by atoms with Crippen LogP contribution >= 0.6 is 0 Å². The van der Waals surface area contributed by atoms with E-state index in [1.807, 2.05) is 20.2 Å². The molecule has 0 unspecified atom stereocenters. The molecule has 22 heavy (non-hydrogen) atoms. The average Bonchev–Trinajstić information content (AvgIpc) is 3.07. The molecule has 0 spiro atoms. The zero-order valence-electron chi connectivity index (χ0n) is 12.4. The summed E-state index contributed by atoms with van der Waals surface area (Å²) in [6.07, 6.45) is 2.28. The highest BCUT2D eigenvalue weighted by Crippen LogP contribution is 2.13. The third-order valence-electron chi connectivity index (χ3n) is 3.41. The molecule has 0 aliphatic carbocycles. The molecule has 0 atom stereocenters. The Morgan fingerprint density at radius 1 is 1.23 bits per heavy atom. The smallest absolute Gasteiger partial charge is 0.315 e. The highest BCUT2D eigenvalue weighted by atomic mass is 19.1. The molecule has 1 N–H and O–H groups in total. The molecule has 0 bridgehead atoms. The molecule has 0 saturated heterocycles. The third-order valence-corrected chi connectivity index (χ3v) is 3.41. The molecule has 3 aromatic rings. The predicted octanol–water partition coefficient (Wildman–Crippen LogP) is 2.45. The number of benzene rings is 1. The molecule has 7 heteroatoms. The molecule has 0 aliphatic rings. The Kier molecular flexibility index (Phi) is 3.86. The van der Waals surface area contributed by atoms with E-state index < -0.39 is 0 Å². The number of nitrogens with one attached hydrogen (secondary N) is 1. The molecule has 0 amide bonds. The number of halogens is 1. The van der Waals surface area contributed by atoms with Gasteiger partial charge in [-0.2, -0.15) is 5.10 Å². The van der Waals surface area contributed by atoms with E-state index >= 15 is 0 Å². The van der Waals surface area contributed by atoms with Gasteiger partial charge < -0.3 is 9.73 Å². The van der Waals surface area contributed by atoms with Crippen molar-refractivity contribution in [3.63, 3.8) is 0 Å². The topological polar surface area (TPSA) is 68.8 Å². The van der Waals surface area contributed by atoms with Crippen LogP contribution in [0.25, 0.3) is 0 Å². The predicted molar refractivity (Wildman–Crippen MR) is 78.8 cm³/mol. The van der Waals surface area contributed by atoms with E-state index in [9.17, 15) is 4.39 Å². The van der Waals surface area contributed by atoms with E-state index in [-0.39, 0.29) is 5.82 Å². The number of hydrogen-bond acceptors (Lipinski definition) is 5. The first-order chi connectivity index (χ1) is 10.6. The summed E-state index contributed by atoms with van der Waals surface area (Å²) in [6.45, 7) is 2.55. The molecule has 0 fully saturated rings. The van der Waals surface area contributed by atoms with Crippen molar-refractivity contribution in [3.8, 4) is 0 Å². The maximum Gasteiger partial charge on any atom is 0.315 e. The van der Waals surface area contributed by atoms with Gasteiger partial charge in [-0.15, -0.1) is 5.10 Å². The van der Waals surface area contributed by atoms with Gasteiger partial charge in [0.1, 0.15) is 5.82 Å². The molecular formula is C15H16FN5O. The first-order valence-corrected chi connectivity index (χ1v) is 6.90. The number of hydrogen-bond donors (Lipinski definition) is 1. The number of anilines is 1. The lowest BCUT2D eigenvalue weighted by Gasteiger charge is -2.03. The fraction of sp³-hybridized carbons (Fsp3) is 0.267. The summed E-state index contributed by atoms with van der Waals surface area (Å²) in [5.41, 5.74) is 3.07. The molecule has 6 nitrogen and oxygen atoms in total. The second-order valence-corrected chi connectivity index (χ2v) is 5.06.